The molecule has 126 valence electrons. The number of carbonyl (C=O) groups is 1. The van der Waals surface area contributed by atoms with Gasteiger partial charge in [-0.1, -0.05) is 19.3 Å². The Morgan fingerprint density at radius 1 is 0.955 bits per heavy atom. The Morgan fingerprint density at radius 2 is 1.77 bits per heavy atom. The van der Waals surface area contributed by atoms with E-state index in [1.165, 1.54) is 32.1 Å². The Bertz CT molecular complexity index is 368. The Hall–Kier alpha value is -0.610. The van der Waals surface area contributed by atoms with E-state index in [-0.39, 0.29) is 6.10 Å². The van der Waals surface area contributed by atoms with Gasteiger partial charge in [0.1, 0.15) is 0 Å². The summed E-state index contributed by atoms with van der Waals surface area (Å²) in [5.74, 6) is 1.11. The van der Waals surface area contributed by atoms with Crippen molar-refractivity contribution in [2.75, 3.05) is 26.2 Å². The van der Waals surface area contributed by atoms with Crippen LogP contribution in [-0.4, -0.2) is 59.1 Å². The summed E-state index contributed by atoms with van der Waals surface area (Å²) < 4.78 is 0. The summed E-state index contributed by atoms with van der Waals surface area (Å²) >= 11 is 0. The average molecular weight is 308 g/mol. The first-order valence-electron chi connectivity index (χ1n) is 9.42. The van der Waals surface area contributed by atoms with Crippen molar-refractivity contribution >= 4 is 5.91 Å². The van der Waals surface area contributed by atoms with Crippen LogP contribution in [0.2, 0.25) is 0 Å². The number of nitrogens with zero attached hydrogens (tertiary/aromatic N) is 2. The molecule has 2 atom stereocenters. The zero-order valence-electron chi connectivity index (χ0n) is 13.9. The molecule has 0 radical (unpaired) electrons. The van der Waals surface area contributed by atoms with Gasteiger partial charge in [0.05, 0.1) is 6.10 Å². The van der Waals surface area contributed by atoms with Crippen LogP contribution in [0.3, 0.4) is 0 Å². The number of aliphatic hydroxyl groups is 1. The summed E-state index contributed by atoms with van der Waals surface area (Å²) in [6.07, 6.45) is 11.3. The van der Waals surface area contributed by atoms with Crippen LogP contribution < -0.4 is 0 Å². The monoisotopic (exact) mass is 308 g/mol. The molecule has 2 aliphatic heterocycles. The zero-order valence-corrected chi connectivity index (χ0v) is 13.9. The molecule has 2 saturated heterocycles. The molecule has 0 aromatic heterocycles. The number of piperidine rings is 1. The van der Waals surface area contributed by atoms with E-state index in [4.69, 9.17) is 0 Å². The van der Waals surface area contributed by atoms with Crippen molar-refractivity contribution in [3.8, 4) is 0 Å². The summed E-state index contributed by atoms with van der Waals surface area (Å²) in [6.45, 7) is 3.82. The van der Waals surface area contributed by atoms with Crippen molar-refractivity contribution in [1.29, 1.82) is 0 Å². The molecule has 4 nitrogen and oxygen atoms in total. The van der Waals surface area contributed by atoms with Crippen LogP contribution in [0.15, 0.2) is 0 Å². The Labute approximate surface area is 134 Å². The SMILES string of the molecule is O=C1CCC(N2CCCC(O)C2)CCN1CC1CCCCC1. The van der Waals surface area contributed by atoms with Crippen molar-refractivity contribution in [2.45, 2.75) is 76.4 Å². The fourth-order valence-electron chi connectivity index (χ4n) is 4.58. The summed E-state index contributed by atoms with van der Waals surface area (Å²) in [6, 6.07) is 0.496. The normalized spacial score (nSPS) is 33.0. The lowest BCUT2D eigenvalue weighted by Gasteiger charge is -2.36. The minimum Gasteiger partial charge on any atom is -0.392 e. The molecule has 1 amide bonds. The first-order chi connectivity index (χ1) is 10.7. The molecule has 3 aliphatic rings. The minimum absolute atomic E-state index is 0.161. The summed E-state index contributed by atoms with van der Waals surface area (Å²) in [5.41, 5.74) is 0. The quantitative estimate of drug-likeness (QED) is 0.871. The Balaban J connectivity index is 1.52. The van der Waals surface area contributed by atoms with E-state index < -0.39 is 0 Å². The number of hydrogen-bond donors (Lipinski definition) is 1. The van der Waals surface area contributed by atoms with Crippen molar-refractivity contribution < 1.29 is 9.90 Å². The van der Waals surface area contributed by atoms with E-state index >= 15 is 0 Å². The molecule has 1 N–H and O–H groups in total. The van der Waals surface area contributed by atoms with Gasteiger partial charge in [-0.25, -0.2) is 0 Å². The highest BCUT2D eigenvalue weighted by atomic mass is 16.3. The molecule has 4 heteroatoms. The molecule has 3 fully saturated rings. The molecule has 3 rings (SSSR count). The second-order valence-corrected chi connectivity index (χ2v) is 7.62. The van der Waals surface area contributed by atoms with Gasteiger partial charge in [-0.3, -0.25) is 9.69 Å². The summed E-state index contributed by atoms with van der Waals surface area (Å²) in [4.78, 5) is 17.0. The van der Waals surface area contributed by atoms with Gasteiger partial charge < -0.3 is 10.0 Å². The van der Waals surface area contributed by atoms with Crippen LogP contribution >= 0.6 is 0 Å². The lowest BCUT2D eigenvalue weighted by atomic mass is 9.89. The van der Waals surface area contributed by atoms with E-state index in [2.05, 4.69) is 9.80 Å². The third-order valence-electron chi connectivity index (χ3n) is 5.92. The maximum Gasteiger partial charge on any atom is 0.222 e. The van der Waals surface area contributed by atoms with Gasteiger partial charge in [-0.15, -0.1) is 0 Å². The second kappa shape index (κ2) is 7.78. The van der Waals surface area contributed by atoms with Gasteiger partial charge in [0.25, 0.3) is 0 Å². The largest absolute Gasteiger partial charge is 0.392 e. The smallest absolute Gasteiger partial charge is 0.222 e. The first-order valence-corrected chi connectivity index (χ1v) is 9.42. The standard InChI is InChI=1S/C18H32N2O2/c21-17-7-4-11-19(14-17)16-8-9-18(22)20(12-10-16)13-15-5-2-1-3-6-15/h15-17,21H,1-14H2. The van der Waals surface area contributed by atoms with Gasteiger partial charge >= 0.3 is 0 Å². The topological polar surface area (TPSA) is 43.8 Å². The van der Waals surface area contributed by atoms with Gasteiger partial charge in [0, 0.05) is 32.1 Å². The molecular formula is C18H32N2O2. The average Bonchev–Trinajstić information content (AvgIpc) is 2.71. The number of likely N-dealkylation sites (tertiary alicyclic amines) is 2. The van der Waals surface area contributed by atoms with E-state index in [0.717, 1.165) is 57.8 Å². The highest BCUT2D eigenvalue weighted by Crippen LogP contribution is 2.27. The van der Waals surface area contributed by atoms with Crippen LogP contribution in [0.4, 0.5) is 0 Å². The number of aliphatic hydroxyl groups excluding tert-OH is 1. The minimum atomic E-state index is -0.161. The van der Waals surface area contributed by atoms with Gasteiger partial charge in [-0.05, 0) is 51.0 Å². The summed E-state index contributed by atoms with van der Waals surface area (Å²) in [5, 5.41) is 9.88. The molecule has 22 heavy (non-hydrogen) atoms. The van der Waals surface area contributed by atoms with E-state index in [9.17, 15) is 9.90 Å². The number of β-amino-alcohol motifs (C(OH)–C–C–N with tert-alkyl or cyclic N) is 1. The molecule has 1 saturated carbocycles. The Morgan fingerprint density at radius 3 is 2.55 bits per heavy atom. The molecular weight excluding hydrogens is 276 g/mol. The fraction of sp³-hybridized carbons (Fsp3) is 0.944. The van der Waals surface area contributed by atoms with Crippen LogP contribution in [0.25, 0.3) is 0 Å². The third kappa shape index (κ3) is 4.23. The third-order valence-corrected chi connectivity index (χ3v) is 5.92. The zero-order chi connectivity index (χ0) is 15.4. The molecule has 1 aliphatic carbocycles. The van der Waals surface area contributed by atoms with E-state index in [1.54, 1.807) is 0 Å². The maximum absolute atomic E-state index is 12.4. The Kier molecular flexibility index (Phi) is 5.75. The van der Waals surface area contributed by atoms with Crippen LogP contribution in [-0.2, 0) is 4.79 Å². The number of carbonyl (C=O) groups excluding carboxylic acids is 1. The first kappa shape index (κ1) is 16.3. The molecule has 2 unspecified atom stereocenters. The van der Waals surface area contributed by atoms with Crippen molar-refractivity contribution in [3.05, 3.63) is 0 Å². The van der Waals surface area contributed by atoms with Gasteiger partial charge in [0.2, 0.25) is 5.91 Å². The van der Waals surface area contributed by atoms with Crippen molar-refractivity contribution in [3.63, 3.8) is 0 Å². The van der Waals surface area contributed by atoms with Crippen molar-refractivity contribution in [1.82, 2.24) is 9.80 Å². The number of rotatable bonds is 3. The summed E-state index contributed by atoms with van der Waals surface area (Å²) in [7, 11) is 0. The van der Waals surface area contributed by atoms with Gasteiger partial charge in [-0.2, -0.15) is 0 Å². The van der Waals surface area contributed by atoms with Crippen LogP contribution in [0, 0.1) is 5.92 Å². The number of hydrogen-bond acceptors (Lipinski definition) is 3. The van der Waals surface area contributed by atoms with E-state index in [1.807, 2.05) is 0 Å². The van der Waals surface area contributed by atoms with Gasteiger partial charge in [0.15, 0.2) is 0 Å². The fourth-order valence-corrected chi connectivity index (χ4v) is 4.58. The molecule has 0 aromatic carbocycles. The number of amides is 1. The maximum atomic E-state index is 12.4. The second-order valence-electron chi connectivity index (χ2n) is 7.62. The lowest BCUT2D eigenvalue weighted by Crippen LogP contribution is -2.45. The highest BCUT2D eigenvalue weighted by Gasteiger charge is 2.30. The molecule has 0 spiro atoms. The molecule has 0 bridgehead atoms. The van der Waals surface area contributed by atoms with Crippen LogP contribution in [0.1, 0.15) is 64.2 Å². The molecule has 0 aromatic rings. The van der Waals surface area contributed by atoms with Crippen molar-refractivity contribution in [2.24, 2.45) is 5.92 Å². The lowest BCUT2D eigenvalue weighted by molar-refractivity contribution is -0.131. The van der Waals surface area contributed by atoms with Crippen LogP contribution in [0.5, 0.6) is 0 Å². The highest BCUT2D eigenvalue weighted by molar-refractivity contribution is 5.76. The molecule has 2 heterocycles. The predicted molar refractivity (Wildman–Crippen MR) is 87.6 cm³/mol. The van der Waals surface area contributed by atoms with E-state index in [0.29, 0.717) is 18.4 Å². The predicted octanol–water partition coefficient (Wildman–Crippen LogP) is 2.40.